The molecule has 2 heterocycles. The number of furan rings is 1. The molecule has 4 aromatic rings. The second-order valence-electron chi connectivity index (χ2n) is 6.89. The Hall–Kier alpha value is -3.41. The molecule has 1 atom stereocenters. The average molecular weight is 375 g/mol. The molecule has 28 heavy (non-hydrogen) atoms. The number of carbonyl (C=O) groups is 1. The molecule has 1 unspecified atom stereocenters. The van der Waals surface area contributed by atoms with Gasteiger partial charge in [0.1, 0.15) is 17.6 Å². The van der Waals surface area contributed by atoms with E-state index in [0.29, 0.717) is 11.1 Å². The summed E-state index contributed by atoms with van der Waals surface area (Å²) in [5, 5.41) is 3.78. The maximum absolute atomic E-state index is 12.7. The van der Waals surface area contributed by atoms with E-state index in [-0.39, 0.29) is 29.6 Å². The van der Waals surface area contributed by atoms with Crippen molar-refractivity contribution in [2.45, 2.75) is 32.9 Å². The van der Waals surface area contributed by atoms with Crippen molar-refractivity contribution in [3.63, 3.8) is 0 Å². The van der Waals surface area contributed by atoms with Crippen molar-refractivity contribution in [1.82, 2.24) is 14.9 Å². The van der Waals surface area contributed by atoms with Gasteiger partial charge in [-0.3, -0.25) is 14.2 Å². The summed E-state index contributed by atoms with van der Waals surface area (Å²) >= 11 is 0. The van der Waals surface area contributed by atoms with Crippen LogP contribution in [0.2, 0.25) is 0 Å². The lowest BCUT2D eigenvalue weighted by Gasteiger charge is -2.18. The molecule has 4 rings (SSSR count). The van der Waals surface area contributed by atoms with Gasteiger partial charge < -0.3 is 9.73 Å². The number of benzene rings is 2. The molecule has 6 nitrogen and oxygen atoms in total. The molecule has 1 amide bonds. The molecule has 1 N–H and O–H groups in total. The van der Waals surface area contributed by atoms with Crippen molar-refractivity contribution < 1.29 is 9.21 Å². The molecular weight excluding hydrogens is 354 g/mol. The first-order valence-corrected chi connectivity index (χ1v) is 9.29. The summed E-state index contributed by atoms with van der Waals surface area (Å²) in [5.41, 5.74) is 3.14. The van der Waals surface area contributed by atoms with Crippen molar-refractivity contribution >= 4 is 28.0 Å². The topological polar surface area (TPSA) is 77.1 Å². The molecule has 0 fully saturated rings. The number of nitrogens with one attached hydrogen (secondary N) is 1. The summed E-state index contributed by atoms with van der Waals surface area (Å²) in [7, 11) is 0. The van der Waals surface area contributed by atoms with E-state index in [1.54, 1.807) is 6.07 Å². The van der Waals surface area contributed by atoms with E-state index >= 15 is 0 Å². The van der Waals surface area contributed by atoms with Gasteiger partial charge in [-0.2, -0.15) is 0 Å². The molecule has 6 heteroatoms. The maximum Gasteiger partial charge on any atom is 0.297 e. The Balaban J connectivity index is 1.58. The molecule has 0 aliphatic carbocycles. The van der Waals surface area contributed by atoms with E-state index in [1.807, 2.05) is 56.3 Å². The molecule has 0 bridgehead atoms. The first-order chi connectivity index (χ1) is 13.6. The monoisotopic (exact) mass is 375 g/mol. The van der Waals surface area contributed by atoms with Gasteiger partial charge in [0.05, 0.1) is 12.4 Å². The summed E-state index contributed by atoms with van der Waals surface area (Å²) in [5.74, 6) is -0.244. The minimum absolute atomic E-state index is 0.105. The number of carbonyl (C=O) groups excluding carboxylic acids is 1. The number of aromatic nitrogens is 2. The minimum Gasteiger partial charge on any atom is -0.448 e. The fraction of sp³-hybridized carbons (Fsp3) is 0.227. The van der Waals surface area contributed by atoms with E-state index in [0.717, 1.165) is 17.4 Å². The van der Waals surface area contributed by atoms with Gasteiger partial charge in [0.25, 0.3) is 5.56 Å². The normalized spacial score (nSPS) is 12.4. The average Bonchev–Trinajstić information content (AvgIpc) is 3.09. The third kappa shape index (κ3) is 3.29. The Labute approximate surface area is 161 Å². The van der Waals surface area contributed by atoms with Crippen LogP contribution >= 0.6 is 0 Å². The lowest BCUT2D eigenvalue weighted by atomic mass is 10.0. The predicted octanol–water partition coefficient (Wildman–Crippen LogP) is 3.72. The van der Waals surface area contributed by atoms with E-state index in [1.165, 1.54) is 16.5 Å². The van der Waals surface area contributed by atoms with Crippen LogP contribution in [-0.2, 0) is 11.3 Å². The highest BCUT2D eigenvalue weighted by atomic mass is 16.3. The number of hydrogen-bond acceptors (Lipinski definition) is 4. The van der Waals surface area contributed by atoms with Crippen molar-refractivity contribution in [1.29, 1.82) is 0 Å². The van der Waals surface area contributed by atoms with Gasteiger partial charge in [-0.05, 0) is 31.0 Å². The van der Waals surface area contributed by atoms with Gasteiger partial charge in [0, 0.05) is 5.39 Å². The molecule has 0 saturated carbocycles. The van der Waals surface area contributed by atoms with E-state index in [2.05, 4.69) is 10.3 Å². The lowest BCUT2D eigenvalue weighted by Crippen LogP contribution is -2.34. The Bertz CT molecular complexity index is 1210. The molecular formula is C22H21N3O3. The second kappa shape index (κ2) is 7.31. The molecule has 0 radical (unpaired) electrons. The Morgan fingerprint density at radius 2 is 1.93 bits per heavy atom. The van der Waals surface area contributed by atoms with E-state index in [9.17, 15) is 9.59 Å². The molecule has 0 spiro atoms. The van der Waals surface area contributed by atoms with Crippen LogP contribution in [0.3, 0.4) is 0 Å². The van der Waals surface area contributed by atoms with E-state index in [4.69, 9.17) is 4.42 Å². The number of fused-ring (bicyclic) bond motifs is 3. The largest absolute Gasteiger partial charge is 0.448 e. The zero-order chi connectivity index (χ0) is 19.7. The van der Waals surface area contributed by atoms with Gasteiger partial charge in [-0.1, -0.05) is 48.9 Å². The lowest BCUT2D eigenvalue weighted by molar-refractivity contribution is -0.122. The van der Waals surface area contributed by atoms with Gasteiger partial charge in [0.2, 0.25) is 11.5 Å². The Morgan fingerprint density at radius 1 is 1.18 bits per heavy atom. The van der Waals surface area contributed by atoms with Crippen LogP contribution < -0.4 is 10.9 Å². The molecule has 2 aromatic carbocycles. The van der Waals surface area contributed by atoms with Crippen molar-refractivity contribution in [2.24, 2.45) is 0 Å². The van der Waals surface area contributed by atoms with Crippen molar-refractivity contribution in [2.75, 3.05) is 0 Å². The highest BCUT2D eigenvalue weighted by Gasteiger charge is 2.16. The van der Waals surface area contributed by atoms with Crippen LogP contribution in [0, 0.1) is 6.92 Å². The molecule has 2 aromatic heterocycles. The summed E-state index contributed by atoms with van der Waals surface area (Å²) < 4.78 is 6.94. The third-order valence-electron chi connectivity index (χ3n) is 4.89. The zero-order valence-electron chi connectivity index (χ0n) is 15.8. The summed E-state index contributed by atoms with van der Waals surface area (Å²) in [6.07, 6.45) is 2.16. The fourth-order valence-corrected chi connectivity index (χ4v) is 3.34. The first-order valence-electron chi connectivity index (χ1n) is 9.29. The van der Waals surface area contributed by atoms with Crippen molar-refractivity contribution in [3.05, 3.63) is 76.3 Å². The number of para-hydroxylation sites is 1. The SMILES string of the molecule is CCC(NC(=O)Cn1cnc2c(oc3ccccc32)c1=O)c1ccc(C)cc1. The first kappa shape index (κ1) is 18.0. The molecule has 0 aliphatic heterocycles. The van der Waals surface area contributed by atoms with Crippen LogP contribution in [0.4, 0.5) is 0 Å². The molecule has 0 saturated heterocycles. The summed E-state index contributed by atoms with van der Waals surface area (Å²) in [6, 6.07) is 15.3. The number of nitrogens with zero attached hydrogens (tertiary/aromatic N) is 2. The Morgan fingerprint density at radius 3 is 2.68 bits per heavy atom. The van der Waals surface area contributed by atoms with Crippen LogP contribution in [0.5, 0.6) is 0 Å². The van der Waals surface area contributed by atoms with Crippen LogP contribution in [0.1, 0.15) is 30.5 Å². The number of aryl methyl sites for hydroxylation is 1. The van der Waals surface area contributed by atoms with Gasteiger partial charge in [-0.15, -0.1) is 0 Å². The summed E-state index contributed by atoms with van der Waals surface area (Å²) in [6.45, 7) is 3.93. The molecule has 142 valence electrons. The van der Waals surface area contributed by atoms with Crippen LogP contribution in [0.25, 0.3) is 22.1 Å². The van der Waals surface area contributed by atoms with Crippen LogP contribution in [0.15, 0.2) is 64.1 Å². The van der Waals surface area contributed by atoms with Crippen molar-refractivity contribution in [3.8, 4) is 0 Å². The van der Waals surface area contributed by atoms with Crippen LogP contribution in [-0.4, -0.2) is 15.5 Å². The highest BCUT2D eigenvalue weighted by molar-refractivity contribution is 6.01. The summed E-state index contributed by atoms with van der Waals surface area (Å²) in [4.78, 5) is 29.6. The minimum atomic E-state index is -0.361. The number of rotatable bonds is 5. The number of amides is 1. The highest BCUT2D eigenvalue weighted by Crippen LogP contribution is 2.24. The maximum atomic E-state index is 12.7. The smallest absolute Gasteiger partial charge is 0.297 e. The standard InChI is InChI=1S/C22H21N3O3/c1-3-17(15-10-8-14(2)9-11-15)24-19(26)12-25-13-23-20-16-6-4-5-7-18(16)28-21(20)22(25)27/h4-11,13,17H,3,12H2,1-2H3,(H,24,26). The predicted molar refractivity (Wildman–Crippen MR) is 108 cm³/mol. The quantitative estimate of drug-likeness (QED) is 0.577. The third-order valence-corrected chi connectivity index (χ3v) is 4.89. The van der Waals surface area contributed by atoms with E-state index < -0.39 is 0 Å². The van der Waals surface area contributed by atoms with Gasteiger partial charge in [-0.25, -0.2) is 4.98 Å². The number of hydrogen-bond donors (Lipinski definition) is 1. The second-order valence-corrected chi connectivity index (χ2v) is 6.89. The van der Waals surface area contributed by atoms with Gasteiger partial charge in [0.15, 0.2) is 0 Å². The van der Waals surface area contributed by atoms with Gasteiger partial charge >= 0.3 is 0 Å². The Kier molecular flexibility index (Phi) is 4.69. The fourth-order valence-electron chi connectivity index (χ4n) is 3.34. The molecule has 0 aliphatic rings. The zero-order valence-corrected chi connectivity index (χ0v) is 15.8.